The number of hydrogen-bond acceptors (Lipinski definition) is 2. The molecule has 2 aromatic carbocycles. The van der Waals surface area contributed by atoms with Crippen LogP contribution in [0.3, 0.4) is 0 Å². The molecule has 2 aromatic rings. The number of nitrogens with one attached hydrogen (secondary N) is 1. The van der Waals surface area contributed by atoms with E-state index in [1.165, 1.54) is 18.6 Å². The van der Waals surface area contributed by atoms with Crippen LogP contribution < -0.4 is 10.2 Å². The standard InChI is InChI=1S/C20H23FN2O/c1-15-7-3-4-8-16(15)13-20(24)22-18-14-17(21)9-10-19(18)23-11-5-2-6-12-23/h3-4,7-10,14H,2,5-6,11-13H2,1H3,(H,22,24). The van der Waals surface area contributed by atoms with Gasteiger partial charge in [0, 0.05) is 13.1 Å². The Morgan fingerprint density at radius 1 is 1.12 bits per heavy atom. The number of nitrogens with zero attached hydrogens (tertiary/aromatic N) is 1. The number of hydrogen-bond donors (Lipinski definition) is 1. The molecule has 1 aliphatic rings. The van der Waals surface area contributed by atoms with Crippen molar-refractivity contribution >= 4 is 17.3 Å². The Hall–Kier alpha value is -2.36. The highest BCUT2D eigenvalue weighted by Gasteiger charge is 2.17. The number of anilines is 2. The van der Waals surface area contributed by atoms with Crippen LogP contribution in [0.2, 0.25) is 0 Å². The summed E-state index contributed by atoms with van der Waals surface area (Å²) >= 11 is 0. The van der Waals surface area contributed by atoms with Gasteiger partial charge in [-0.15, -0.1) is 0 Å². The molecule has 0 unspecified atom stereocenters. The summed E-state index contributed by atoms with van der Waals surface area (Å²) in [5, 5.41) is 2.90. The minimum Gasteiger partial charge on any atom is -0.370 e. The third-order valence-electron chi connectivity index (χ3n) is 4.54. The SMILES string of the molecule is Cc1ccccc1CC(=O)Nc1cc(F)ccc1N1CCCCC1. The fourth-order valence-electron chi connectivity index (χ4n) is 3.19. The highest BCUT2D eigenvalue weighted by molar-refractivity contribution is 5.95. The molecular formula is C20H23FN2O. The number of benzene rings is 2. The van der Waals surface area contributed by atoms with Crippen molar-refractivity contribution in [2.75, 3.05) is 23.3 Å². The molecule has 0 radical (unpaired) electrons. The zero-order chi connectivity index (χ0) is 16.9. The zero-order valence-corrected chi connectivity index (χ0v) is 14.0. The van der Waals surface area contributed by atoms with E-state index in [1.54, 1.807) is 6.07 Å². The van der Waals surface area contributed by atoms with Gasteiger partial charge >= 0.3 is 0 Å². The highest BCUT2D eigenvalue weighted by atomic mass is 19.1. The first-order valence-electron chi connectivity index (χ1n) is 8.52. The number of carbonyl (C=O) groups is 1. The first-order valence-corrected chi connectivity index (χ1v) is 8.52. The van der Waals surface area contributed by atoms with E-state index in [9.17, 15) is 9.18 Å². The molecule has 126 valence electrons. The van der Waals surface area contributed by atoms with Gasteiger partial charge in [0.25, 0.3) is 0 Å². The van der Waals surface area contributed by atoms with Crippen LogP contribution in [-0.4, -0.2) is 19.0 Å². The number of halogens is 1. The minimum absolute atomic E-state index is 0.117. The second-order valence-corrected chi connectivity index (χ2v) is 6.36. The van der Waals surface area contributed by atoms with E-state index in [4.69, 9.17) is 0 Å². The van der Waals surface area contributed by atoms with Crippen LogP contribution in [0, 0.1) is 12.7 Å². The Morgan fingerprint density at radius 3 is 2.62 bits per heavy atom. The topological polar surface area (TPSA) is 32.3 Å². The number of piperidine rings is 1. The van der Waals surface area contributed by atoms with E-state index in [0.717, 1.165) is 42.7 Å². The monoisotopic (exact) mass is 326 g/mol. The summed E-state index contributed by atoms with van der Waals surface area (Å²) in [4.78, 5) is 14.7. The highest BCUT2D eigenvalue weighted by Crippen LogP contribution is 2.29. The fraction of sp³-hybridized carbons (Fsp3) is 0.350. The number of carbonyl (C=O) groups excluding carboxylic acids is 1. The third kappa shape index (κ3) is 3.94. The van der Waals surface area contributed by atoms with Gasteiger partial charge in [0.05, 0.1) is 17.8 Å². The van der Waals surface area contributed by atoms with Crippen molar-refractivity contribution in [2.24, 2.45) is 0 Å². The number of amides is 1. The molecule has 4 heteroatoms. The zero-order valence-electron chi connectivity index (χ0n) is 14.0. The molecule has 0 aliphatic carbocycles. The summed E-state index contributed by atoms with van der Waals surface area (Å²) < 4.78 is 13.7. The summed E-state index contributed by atoms with van der Waals surface area (Å²) in [5.74, 6) is -0.449. The molecular weight excluding hydrogens is 303 g/mol. The Balaban J connectivity index is 1.77. The van der Waals surface area contributed by atoms with E-state index in [1.807, 2.05) is 31.2 Å². The molecule has 3 nitrogen and oxygen atoms in total. The van der Waals surface area contributed by atoms with E-state index < -0.39 is 0 Å². The van der Waals surface area contributed by atoms with Gasteiger partial charge in [-0.25, -0.2) is 4.39 Å². The maximum absolute atomic E-state index is 13.7. The Morgan fingerprint density at radius 2 is 1.88 bits per heavy atom. The molecule has 24 heavy (non-hydrogen) atoms. The quantitative estimate of drug-likeness (QED) is 0.908. The predicted molar refractivity (Wildman–Crippen MR) is 96.0 cm³/mol. The van der Waals surface area contributed by atoms with Gasteiger partial charge in [0.2, 0.25) is 5.91 Å². The summed E-state index contributed by atoms with van der Waals surface area (Å²) in [6.45, 7) is 3.89. The lowest BCUT2D eigenvalue weighted by atomic mass is 10.1. The molecule has 0 atom stereocenters. The molecule has 0 saturated carbocycles. The second kappa shape index (κ2) is 7.47. The number of rotatable bonds is 4. The maximum Gasteiger partial charge on any atom is 0.228 e. The largest absolute Gasteiger partial charge is 0.370 e. The van der Waals surface area contributed by atoms with Gasteiger partial charge < -0.3 is 10.2 Å². The van der Waals surface area contributed by atoms with Crippen LogP contribution in [0.5, 0.6) is 0 Å². The smallest absolute Gasteiger partial charge is 0.228 e. The second-order valence-electron chi connectivity index (χ2n) is 6.36. The molecule has 1 fully saturated rings. The van der Waals surface area contributed by atoms with Crippen LogP contribution in [0.4, 0.5) is 15.8 Å². The van der Waals surface area contributed by atoms with Gasteiger partial charge in [-0.3, -0.25) is 4.79 Å². The Labute approximate surface area is 142 Å². The van der Waals surface area contributed by atoms with E-state index in [-0.39, 0.29) is 11.7 Å². The van der Waals surface area contributed by atoms with E-state index >= 15 is 0 Å². The average Bonchev–Trinajstić information content (AvgIpc) is 2.58. The molecule has 0 spiro atoms. The molecule has 1 heterocycles. The van der Waals surface area contributed by atoms with Crippen LogP contribution in [-0.2, 0) is 11.2 Å². The van der Waals surface area contributed by atoms with Gasteiger partial charge in [-0.05, 0) is 55.5 Å². The fourth-order valence-corrected chi connectivity index (χ4v) is 3.19. The summed E-state index contributed by atoms with van der Waals surface area (Å²) in [6, 6.07) is 12.5. The van der Waals surface area contributed by atoms with Crippen molar-refractivity contribution in [3.63, 3.8) is 0 Å². The summed E-state index contributed by atoms with van der Waals surface area (Å²) in [7, 11) is 0. The van der Waals surface area contributed by atoms with Crippen molar-refractivity contribution in [3.05, 3.63) is 59.4 Å². The maximum atomic E-state index is 13.7. The first kappa shape index (κ1) is 16.5. The van der Waals surface area contributed by atoms with Crippen molar-refractivity contribution in [1.82, 2.24) is 0 Å². The van der Waals surface area contributed by atoms with Crippen LogP contribution >= 0.6 is 0 Å². The predicted octanol–water partition coefficient (Wildman–Crippen LogP) is 4.31. The normalized spacial score (nSPS) is 14.5. The number of aryl methyl sites for hydroxylation is 1. The van der Waals surface area contributed by atoms with Crippen molar-refractivity contribution in [1.29, 1.82) is 0 Å². The Bertz CT molecular complexity index is 723. The first-order chi connectivity index (χ1) is 11.6. The van der Waals surface area contributed by atoms with Crippen LogP contribution in [0.1, 0.15) is 30.4 Å². The van der Waals surface area contributed by atoms with Crippen LogP contribution in [0.15, 0.2) is 42.5 Å². The molecule has 1 aliphatic heterocycles. The molecule has 1 N–H and O–H groups in total. The van der Waals surface area contributed by atoms with Gasteiger partial charge in [-0.1, -0.05) is 24.3 Å². The molecule has 1 saturated heterocycles. The average molecular weight is 326 g/mol. The van der Waals surface area contributed by atoms with Gasteiger partial charge in [-0.2, -0.15) is 0 Å². The molecule has 3 rings (SSSR count). The van der Waals surface area contributed by atoms with Gasteiger partial charge in [0.1, 0.15) is 5.82 Å². The van der Waals surface area contributed by atoms with Gasteiger partial charge in [0.15, 0.2) is 0 Å². The minimum atomic E-state index is -0.332. The lowest BCUT2D eigenvalue weighted by molar-refractivity contribution is -0.115. The van der Waals surface area contributed by atoms with Crippen molar-refractivity contribution < 1.29 is 9.18 Å². The summed E-state index contributed by atoms with van der Waals surface area (Å²) in [6.07, 6.45) is 3.79. The lowest BCUT2D eigenvalue weighted by Gasteiger charge is -2.30. The molecule has 1 amide bonds. The van der Waals surface area contributed by atoms with Crippen LogP contribution in [0.25, 0.3) is 0 Å². The van der Waals surface area contributed by atoms with Crippen molar-refractivity contribution in [2.45, 2.75) is 32.6 Å². The van der Waals surface area contributed by atoms with E-state index in [0.29, 0.717) is 12.1 Å². The molecule has 0 aromatic heterocycles. The Kier molecular flexibility index (Phi) is 5.14. The van der Waals surface area contributed by atoms with E-state index in [2.05, 4.69) is 10.2 Å². The third-order valence-corrected chi connectivity index (χ3v) is 4.54. The van der Waals surface area contributed by atoms with Crippen molar-refractivity contribution in [3.8, 4) is 0 Å². The molecule has 0 bridgehead atoms. The lowest BCUT2D eigenvalue weighted by Crippen LogP contribution is -2.30. The summed E-state index contributed by atoms with van der Waals surface area (Å²) in [5.41, 5.74) is 3.55.